The molecule has 0 aromatic carbocycles. The molecule has 5 aliphatic carbocycles. The first-order valence-corrected chi connectivity index (χ1v) is 14.1. The highest BCUT2D eigenvalue weighted by Gasteiger charge is 2.72. The van der Waals surface area contributed by atoms with Gasteiger partial charge in [0.2, 0.25) is 0 Å². The first-order valence-electron chi connectivity index (χ1n) is 14.1. The summed E-state index contributed by atoms with van der Waals surface area (Å²) in [7, 11) is 0. The topological polar surface area (TPSA) is 118 Å². The molecule has 5 N–H and O–H groups in total. The molecule has 204 valence electrons. The molecule has 0 spiro atoms. The lowest BCUT2D eigenvalue weighted by atomic mass is 9.33. The predicted octanol–water partition coefficient (Wildman–Crippen LogP) is 4.15. The summed E-state index contributed by atoms with van der Waals surface area (Å²) in [6, 6.07) is 0. The summed E-state index contributed by atoms with van der Waals surface area (Å²) in [6.07, 6.45) is 5.27. The molecule has 0 amide bonds. The molecular weight excluding hydrogens is 456 g/mol. The predicted molar refractivity (Wildman–Crippen MR) is 137 cm³/mol. The number of aliphatic hydroxyl groups is 4. The van der Waals surface area contributed by atoms with E-state index in [1.807, 2.05) is 6.92 Å². The van der Waals surface area contributed by atoms with Gasteiger partial charge in [-0.05, 0) is 84.9 Å². The van der Waals surface area contributed by atoms with Gasteiger partial charge in [-0.15, -0.1) is 0 Å². The van der Waals surface area contributed by atoms with Crippen molar-refractivity contribution in [2.45, 2.75) is 111 Å². The standard InChI is InChI=1S/C30H48O6/c1-25(2)9-11-30(24(35)36)12-10-28(5)17(18(30)13-25)7-8-21-26(3)14-20(33)23(34)27(4,16-31)22(26)19(32)15-29(21,28)6/h7,18-23,31-34H,8-16H2,1-6H3,(H,35,36)/t18-,19+,20+,21?,22?,23-,26+,27-,28+,29+,30-/m0/s1. The average Bonchev–Trinajstić information content (AvgIpc) is 2.77. The third-order valence-electron chi connectivity index (χ3n) is 13.0. The lowest BCUT2D eigenvalue weighted by molar-refractivity contribution is -0.273. The third-order valence-corrected chi connectivity index (χ3v) is 13.0. The van der Waals surface area contributed by atoms with Gasteiger partial charge < -0.3 is 25.5 Å². The molecule has 0 saturated heterocycles. The van der Waals surface area contributed by atoms with Crippen LogP contribution in [0.4, 0.5) is 0 Å². The Morgan fingerprint density at radius 3 is 2.17 bits per heavy atom. The second-order valence-corrected chi connectivity index (χ2v) is 15.2. The number of aliphatic hydroxyl groups excluding tert-OH is 4. The van der Waals surface area contributed by atoms with Crippen molar-refractivity contribution in [3.63, 3.8) is 0 Å². The van der Waals surface area contributed by atoms with Crippen molar-refractivity contribution in [3.8, 4) is 0 Å². The molecule has 0 bridgehead atoms. The van der Waals surface area contributed by atoms with E-state index in [0.29, 0.717) is 19.3 Å². The Morgan fingerprint density at radius 1 is 0.917 bits per heavy atom. The minimum Gasteiger partial charge on any atom is -0.481 e. The van der Waals surface area contributed by atoms with Crippen molar-refractivity contribution in [3.05, 3.63) is 11.6 Å². The number of hydrogen-bond acceptors (Lipinski definition) is 5. The van der Waals surface area contributed by atoms with Crippen LogP contribution in [0.5, 0.6) is 0 Å². The molecule has 5 aliphatic rings. The Hall–Kier alpha value is -0.950. The van der Waals surface area contributed by atoms with Crippen LogP contribution in [-0.4, -0.2) is 56.4 Å². The number of aliphatic carboxylic acids is 1. The number of carbonyl (C=O) groups is 1. The fourth-order valence-electron chi connectivity index (χ4n) is 10.9. The molecule has 2 unspecified atom stereocenters. The summed E-state index contributed by atoms with van der Waals surface area (Å²) in [5.74, 6) is -0.842. The van der Waals surface area contributed by atoms with E-state index < -0.39 is 40.5 Å². The van der Waals surface area contributed by atoms with Crippen LogP contribution in [0.1, 0.15) is 92.9 Å². The minimum atomic E-state index is -1.08. The molecule has 6 nitrogen and oxygen atoms in total. The first kappa shape index (κ1) is 26.6. The number of hydrogen-bond donors (Lipinski definition) is 5. The van der Waals surface area contributed by atoms with Gasteiger partial charge in [0.25, 0.3) is 0 Å². The Morgan fingerprint density at radius 2 is 1.56 bits per heavy atom. The first-order chi connectivity index (χ1) is 16.5. The van der Waals surface area contributed by atoms with Gasteiger partial charge in [-0.1, -0.05) is 53.2 Å². The highest BCUT2D eigenvalue weighted by Crippen LogP contribution is 2.75. The lowest BCUT2D eigenvalue weighted by Crippen LogP contribution is -2.71. The van der Waals surface area contributed by atoms with Crippen LogP contribution in [0.3, 0.4) is 0 Å². The van der Waals surface area contributed by atoms with Crippen molar-refractivity contribution < 1.29 is 30.3 Å². The fourth-order valence-corrected chi connectivity index (χ4v) is 10.9. The lowest BCUT2D eigenvalue weighted by Gasteiger charge is -2.72. The van der Waals surface area contributed by atoms with E-state index >= 15 is 0 Å². The van der Waals surface area contributed by atoms with Crippen molar-refractivity contribution in [2.24, 2.45) is 50.2 Å². The van der Waals surface area contributed by atoms with E-state index in [4.69, 9.17) is 0 Å². The summed E-state index contributed by atoms with van der Waals surface area (Å²) in [4.78, 5) is 12.8. The van der Waals surface area contributed by atoms with Gasteiger partial charge in [-0.3, -0.25) is 4.79 Å². The fraction of sp³-hybridized carbons (Fsp3) is 0.900. The second kappa shape index (κ2) is 7.80. The molecule has 0 aliphatic heterocycles. The van der Waals surface area contributed by atoms with E-state index in [1.165, 1.54) is 5.57 Å². The zero-order valence-electron chi connectivity index (χ0n) is 23.0. The van der Waals surface area contributed by atoms with Crippen LogP contribution in [0, 0.1) is 50.2 Å². The van der Waals surface area contributed by atoms with Crippen molar-refractivity contribution in [1.82, 2.24) is 0 Å². The van der Waals surface area contributed by atoms with E-state index in [0.717, 1.165) is 32.1 Å². The van der Waals surface area contributed by atoms with E-state index in [9.17, 15) is 30.3 Å². The summed E-state index contributed by atoms with van der Waals surface area (Å²) in [5.41, 5.74) is -1.32. The molecule has 0 heterocycles. The van der Waals surface area contributed by atoms with Gasteiger partial charge in [0.05, 0.1) is 30.3 Å². The minimum absolute atomic E-state index is 0.000534. The smallest absolute Gasteiger partial charge is 0.310 e. The largest absolute Gasteiger partial charge is 0.481 e. The van der Waals surface area contributed by atoms with E-state index in [2.05, 4.69) is 40.7 Å². The maximum Gasteiger partial charge on any atom is 0.310 e. The van der Waals surface area contributed by atoms with Crippen LogP contribution in [0.2, 0.25) is 0 Å². The summed E-state index contributed by atoms with van der Waals surface area (Å²) < 4.78 is 0. The van der Waals surface area contributed by atoms with Crippen LogP contribution in [-0.2, 0) is 4.79 Å². The van der Waals surface area contributed by atoms with E-state index in [-0.39, 0.29) is 40.6 Å². The van der Waals surface area contributed by atoms with Crippen LogP contribution >= 0.6 is 0 Å². The Kier molecular flexibility index (Phi) is 5.77. The number of carboxylic acids is 1. The number of fused-ring (bicyclic) bond motifs is 7. The Balaban J connectivity index is 1.64. The zero-order chi connectivity index (χ0) is 26.7. The quantitative estimate of drug-likeness (QED) is 0.361. The third kappa shape index (κ3) is 3.08. The normalized spacial score (nSPS) is 55.9. The SMILES string of the molecule is CC1(C)CC[C@]2(C(=O)O)CC[C@]3(C)C(=CCC4[C@@]5(C)C[C@@H](O)[C@H](O)[C@@](C)(CO)C5[C@H](O)C[C@]43C)[C@@H]2C1. The number of carboxylic acid groups (broad SMARTS) is 1. The van der Waals surface area contributed by atoms with Crippen LogP contribution in [0.15, 0.2) is 11.6 Å². The van der Waals surface area contributed by atoms with Gasteiger partial charge in [-0.25, -0.2) is 0 Å². The Labute approximate surface area is 216 Å². The molecule has 0 aromatic rings. The molecule has 4 saturated carbocycles. The van der Waals surface area contributed by atoms with E-state index in [1.54, 1.807) is 0 Å². The summed E-state index contributed by atoms with van der Waals surface area (Å²) >= 11 is 0. The van der Waals surface area contributed by atoms with Crippen LogP contribution < -0.4 is 0 Å². The van der Waals surface area contributed by atoms with Gasteiger partial charge in [0, 0.05) is 11.3 Å². The summed E-state index contributed by atoms with van der Waals surface area (Å²) in [6.45, 7) is 12.8. The molecule has 11 atom stereocenters. The molecule has 5 rings (SSSR count). The highest BCUT2D eigenvalue weighted by molar-refractivity contribution is 5.76. The van der Waals surface area contributed by atoms with Crippen molar-refractivity contribution in [2.75, 3.05) is 6.61 Å². The second-order valence-electron chi connectivity index (χ2n) is 15.2. The average molecular weight is 505 g/mol. The molecular formula is C30H48O6. The summed E-state index contributed by atoms with van der Waals surface area (Å²) in [5, 5.41) is 54.6. The zero-order valence-corrected chi connectivity index (χ0v) is 23.0. The van der Waals surface area contributed by atoms with Crippen molar-refractivity contribution >= 4 is 5.97 Å². The molecule has 36 heavy (non-hydrogen) atoms. The van der Waals surface area contributed by atoms with Gasteiger partial charge in [0.1, 0.15) is 0 Å². The molecule has 0 radical (unpaired) electrons. The maximum absolute atomic E-state index is 12.8. The van der Waals surface area contributed by atoms with Crippen molar-refractivity contribution in [1.29, 1.82) is 0 Å². The van der Waals surface area contributed by atoms with Gasteiger partial charge >= 0.3 is 5.97 Å². The molecule has 0 aromatic heterocycles. The van der Waals surface area contributed by atoms with Crippen LogP contribution in [0.25, 0.3) is 0 Å². The number of allylic oxidation sites excluding steroid dienone is 2. The monoisotopic (exact) mass is 504 g/mol. The van der Waals surface area contributed by atoms with Gasteiger partial charge in [0.15, 0.2) is 0 Å². The molecule has 6 heteroatoms. The Bertz CT molecular complexity index is 974. The highest BCUT2D eigenvalue weighted by atomic mass is 16.4. The number of rotatable bonds is 2. The molecule has 4 fully saturated rings. The van der Waals surface area contributed by atoms with Gasteiger partial charge in [-0.2, -0.15) is 0 Å². The maximum atomic E-state index is 12.8.